The Morgan fingerprint density at radius 1 is 1.12 bits per heavy atom. The molecule has 2 aromatic rings. The van der Waals surface area contributed by atoms with Crippen molar-refractivity contribution < 1.29 is 4.79 Å². The molecule has 24 heavy (non-hydrogen) atoms. The number of amides is 1. The van der Waals surface area contributed by atoms with Crippen molar-refractivity contribution in [1.29, 1.82) is 0 Å². The zero-order valence-corrected chi connectivity index (χ0v) is 14.5. The Morgan fingerprint density at radius 2 is 1.88 bits per heavy atom. The fourth-order valence-corrected chi connectivity index (χ4v) is 3.28. The molecular weight excluding hydrogens is 322 g/mol. The van der Waals surface area contributed by atoms with Crippen LogP contribution in [0, 0.1) is 6.92 Å². The monoisotopic (exact) mass is 343 g/mol. The van der Waals surface area contributed by atoms with Crippen molar-refractivity contribution in [3.63, 3.8) is 0 Å². The van der Waals surface area contributed by atoms with Crippen molar-refractivity contribution in [1.82, 2.24) is 10.2 Å². The summed E-state index contributed by atoms with van der Waals surface area (Å²) >= 11 is 1.31. The second-order valence-corrected chi connectivity index (χ2v) is 6.79. The number of nitrogens with two attached hydrogens (primary N) is 1. The van der Waals surface area contributed by atoms with Gasteiger partial charge < -0.3 is 15.5 Å². The lowest BCUT2D eigenvalue weighted by molar-refractivity contribution is -0.115. The van der Waals surface area contributed by atoms with Crippen LogP contribution < -0.4 is 15.5 Å². The van der Waals surface area contributed by atoms with Gasteiger partial charge in [-0.25, -0.2) is 0 Å². The molecule has 0 bridgehead atoms. The van der Waals surface area contributed by atoms with Crippen LogP contribution in [0.25, 0.3) is 0 Å². The molecule has 2 heterocycles. The lowest BCUT2D eigenvalue weighted by Crippen LogP contribution is -2.46. The summed E-state index contributed by atoms with van der Waals surface area (Å²) in [6, 6.07) is 12.5. The summed E-state index contributed by atoms with van der Waals surface area (Å²) in [7, 11) is 0. The van der Waals surface area contributed by atoms with Crippen LogP contribution in [-0.4, -0.2) is 48.0 Å². The number of aryl methyl sites for hydroxylation is 1. The van der Waals surface area contributed by atoms with Crippen molar-refractivity contribution in [3.8, 4) is 0 Å². The Balaban J connectivity index is 1.57. The molecule has 7 heteroatoms. The summed E-state index contributed by atoms with van der Waals surface area (Å²) in [5.74, 6) is 0.754. The van der Waals surface area contributed by atoms with Crippen molar-refractivity contribution in [2.24, 2.45) is 5.73 Å². The fraction of sp³-hybridized carbons (Fsp3) is 0.353. The number of carbonyl (C=O) groups excluding carboxylic acids is 1. The van der Waals surface area contributed by atoms with Crippen LogP contribution in [-0.2, 0) is 4.79 Å². The highest BCUT2D eigenvalue weighted by Gasteiger charge is 2.18. The number of piperazine rings is 1. The first-order chi connectivity index (χ1) is 11.6. The van der Waals surface area contributed by atoms with Crippen molar-refractivity contribution in [2.45, 2.75) is 11.9 Å². The van der Waals surface area contributed by atoms with Gasteiger partial charge in [-0.1, -0.05) is 23.9 Å². The van der Waals surface area contributed by atoms with Gasteiger partial charge in [-0.15, -0.1) is 10.2 Å². The summed E-state index contributed by atoms with van der Waals surface area (Å²) in [6.45, 7) is 5.87. The lowest BCUT2D eigenvalue weighted by Gasteiger charge is -2.36. The van der Waals surface area contributed by atoms with E-state index in [4.69, 9.17) is 5.73 Å². The molecule has 0 unspecified atom stereocenters. The molecule has 0 aliphatic carbocycles. The molecule has 2 N–H and O–H groups in total. The van der Waals surface area contributed by atoms with Gasteiger partial charge in [0.15, 0.2) is 5.82 Å². The zero-order valence-electron chi connectivity index (χ0n) is 13.7. The molecule has 1 amide bonds. The molecule has 0 saturated carbocycles. The minimum absolute atomic E-state index is 0.225. The molecular formula is C17H21N5OS. The molecule has 1 aliphatic rings. The maximum absolute atomic E-state index is 10.8. The average molecular weight is 343 g/mol. The minimum Gasteiger partial charge on any atom is -0.369 e. The Morgan fingerprint density at radius 3 is 2.50 bits per heavy atom. The molecule has 0 atom stereocenters. The zero-order chi connectivity index (χ0) is 16.9. The predicted molar refractivity (Wildman–Crippen MR) is 97.6 cm³/mol. The molecule has 126 valence electrons. The van der Waals surface area contributed by atoms with E-state index in [-0.39, 0.29) is 11.7 Å². The van der Waals surface area contributed by atoms with Gasteiger partial charge in [0, 0.05) is 31.9 Å². The normalized spacial score (nSPS) is 14.7. The van der Waals surface area contributed by atoms with E-state index in [9.17, 15) is 4.79 Å². The highest BCUT2D eigenvalue weighted by atomic mass is 32.2. The molecule has 0 spiro atoms. The van der Waals surface area contributed by atoms with Gasteiger partial charge in [-0.2, -0.15) is 0 Å². The number of hydrogen-bond acceptors (Lipinski definition) is 6. The highest BCUT2D eigenvalue weighted by Crippen LogP contribution is 2.21. The maximum Gasteiger partial charge on any atom is 0.227 e. The molecule has 3 rings (SSSR count). The smallest absolute Gasteiger partial charge is 0.227 e. The standard InChI is InChI=1S/C17H21N5OS/c1-13-3-2-4-14(11-13)21-7-9-22(10-8-21)16-5-6-17(20-19-16)24-12-15(18)23/h2-6,11H,7-10,12H2,1H3,(H2,18,23). The van der Waals surface area contributed by atoms with E-state index in [1.165, 1.54) is 23.0 Å². The number of rotatable bonds is 5. The maximum atomic E-state index is 10.8. The van der Waals surface area contributed by atoms with Gasteiger partial charge in [0.1, 0.15) is 5.03 Å². The van der Waals surface area contributed by atoms with Crippen LogP contribution in [0.5, 0.6) is 0 Å². The lowest BCUT2D eigenvalue weighted by atomic mass is 10.2. The average Bonchev–Trinajstić information content (AvgIpc) is 2.60. The summed E-state index contributed by atoms with van der Waals surface area (Å²) in [6.07, 6.45) is 0. The van der Waals surface area contributed by atoms with E-state index in [0.29, 0.717) is 0 Å². The summed E-state index contributed by atoms with van der Waals surface area (Å²) in [5, 5.41) is 9.16. The van der Waals surface area contributed by atoms with Crippen LogP contribution >= 0.6 is 11.8 Å². The second kappa shape index (κ2) is 7.53. The van der Waals surface area contributed by atoms with Gasteiger partial charge in [0.2, 0.25) is 5.91 Å². The van der Waals surface area contributed by atoms with Crippen molar-refractivity contribution in [3.05, 3.63) is 42.0 Å². The Hall–Kier alpha value is -2.28. The van der Waals surface area contributed by atoms with Crippen LogP contribution in [0.4, 0.5) is 11.5 Å². The van der Waals surface area contributed by atoms with E-state index < -0.39 is 0 Å². The highest BCUT2D eigenvalue weighted by molar-refractivity contribution is 7.99. The second-order valence-electron chi connectivity index (χ2n) is 5.80. The van der Waals surface area contributed by atoms with Crippen molar-refractivity contribution in [2.75, 3.05) is 41.7 Å². The minimum atomic E-state index is -0.349. The predicted octanol–water partition coefficient (Wildman–Crippen LogP) is 1.69. The van der Waals surface area contributed by atoms with Crippen LogP contribution in [0.15, 0.2) is 41.4 Å². The quantitative estimate of drug-likeness (QED) is 0.833. The largest absolute Gasteiger partial charge is 0.369 e. The van der Waals surface area contributed by atoms with Gasteiger partial charge in [0.25, 0.3) is 0 Å². The molecule has 1 aromatic heterocycles. The van der Waals surface area contributed by atoms with E-state index in [1.54, 1.807) is 0 Å². The van der Waals surface area contributed by atoms with E-state index >= 15 is 0 Å². The SMILES string of the molecule is Cc1cccc(N2CCN(c3ccc(SCC(N)=O)nn3)CC2)c1. The first kappa shape index (κ1) is 16.6. The Kier molecular flexibility index (Phi) is 5.20. The van der Waals surface area contributed by atoms with Gasteiger partial charge in [-0.05, 0) is 36.8 Å². The van der Waals surface area contributed by atoms with Crippen molar-refractivity contribution >= 4 is 29.2 Å². The fourth-order valence-electron chi connectivity index (χ4n) is 2.72. The van der Waals surface area contributed by atoms with Crippen LogP contribution in [0.2, 0.25) is 0 Å². The number of benzene rings is 1. The van der Waals surface area contributed by atoms with E-state index in [2.05, 4.69) is 51.2 Å². The number of carbonyl (C=O) groups is 1. The third-order valence-electron chi connectivity index (χ3n) is 3.96. The number of thioether (sulfide) groups is 1. The molecule has 1 aliphatic heterocycles. The molecule has 0 radical (unpaired) electrons. The topological polar surface area (TPSA) is 75.3 Å². The molecule has 1 saturated heterocycles. The third-order valence-corrected chi connectivity index (χ3v) is 4.90. The number of nitrogens with zero attached hydrogens (tertiary/aromatic N) is 4. The summed E-state index contributed by atoms with van der Waals surface area (Å²) < 4.78 is 0. The van der Waals surface area contributed by atoms with Gasteiger partial charge >= 0.3 is 0 Å². The van der Waals surface area contributed by atoms with E-state index in [0.717, 1.165) is 37.0 Å². The Labute approximate surface area is 146 Å². The first-order valence-electron chi connectivity index (χ1n) is 7.93. The first-order valence-corrected chi connectivity index (χ1v) is 8.92. The third kappa shape index (κ3) is 4.17. The molecule has 1 fully saturated rings. The van der Waals surface area contributed by atoms with Crippen LogP contribution in [0.3, 0.4) is 0 Å². The summed E-state index contributed by atoms with van der Waals surface area (Å²) in [4.78, 5) is 15.4. The molecule has 1 aromatic carbocycles. The number of aromatic nitrogens is 2. The van der Waals surface area contributed by atoms with Gasteiger partial charge in [-0.3, -0.25) is 4.79 Å². The number of primary amides is 1. The molecule has 6 nitrogen and oxygen atoms in total. The number of hydrogen-bond donors (Lipinski definition) is 1. The number of anilines is 2. The van der Waals surface area contributed by atoms with E-state index in [1.807, 2.05) is 12.1 Å². The Bertz CT molecular complexity index is 698. The van der Waals surface area contributed by atoms with Crippen LogP contribution in [0.1, 0.15) is 5.56 Å². The van der Waals surface area contributed by atoms with Gasteiger partial charge in [0.05, 0.1) is 5.75 Å². The summed E-state index contributed by atoms with van der Waals surface area (Å²) in [5.41, 5.74) is 7.70.